The monoisotopic (exact) mass is 262 g/mol. The van der Waals surface area contributed by atoms with Gasteiger partial charge in [0.05, 0.1) is 11.6 Å². The average molecular weight is 263 g/mol. The lowest BCUT2D eigenvalue weighted by atomic mass is 10.2. The molecule has 0 fully saturated rings. The van der Waals surface area contributed by atoms with Crippen LogP contribution in [0.15, 0.2) is 36.5 Å². The van der Waals surface area contributed by atoms with Crippen LogP contribution in [-0.2, 0) is 4.74 Å². The Morgan fingerprint density at radius 3 is 2.83 bits per heavy atom. The van der Waals surface area contributed by atoms with Crippen LogP contribution < -0.4 is 0 Å². The number of ether oxygens (including phenoxy) is 1. The Morgan fingerprint density at radius 2 is 2.11 bits per heavy atom. The molecule has 0 bridgehead atoms. The standard InChI is InChI=1S/C13H11ClN2O2/c1-2-18-13(17)11-7-8-15-12(16-11)9-5-3-4-6-10(9)14/h3-8H,2H2,1H3. The summed E-state index contributed by atoms with van der Waals surface area (Å²) in [5, 5.41) is 0.540. The number of hydrogen-bond acceptors (Lipinski definition) is 4. The molecule has 0 spiro atoms. The first-order valence-corrected chi connectivity index (χ1v) is 5.85. The quantitative estimate of drug-likeness (QED) is 0.798. The molecule has 0 N–H and O–H groups in total. The average Bonchev–Trinajstić information content (AvgIpc) is 2.40. The Hall–Kier alpha value is -1.94. The predicted octanol–water partition coefficient (Wildman–Crippen LogP) is 2.97. The third-order valence-corrected chi connectivity index (χ3v) is 2.58. The van der Waals surface area contributed by atoms with Gasteiger partial charge in [-0.2, -0.15) is 0 Å². The Morgan fingerprint density at radius 1 is 1.33 bits per heavy atom. The van der Waals surface area contributed by atoms with Crippen molar-refractivity contribution in [1.82, 2.24) is 9.97 Å². The van der Waals surface area contributed by atoms with Crippen molar-refractivity contribution < 1.29 is 9.53 Å². The molecule has 0 unspecified atom stereocenters. The lowest BCUT2D eigenvalue weighted by molar-refractivity contribution is 0.0519. The second kappa shape index (κ2) is 5.60. The fraction of sp³-hybridized carbons (Fsp3) is 0.154. The zero-order chi connectivity index (χ0) is 13.0. The SMILES string of the molecule is CCOC(=O)c1ccnc(-c2ccccc2Cl)n1. The summed E-state index contributed by atoms with van der Waals surface area (Å²) in [5.41, 5.74) is 0.909. The van der Waals surface area contributed by atoms with Crippen molar-refractivity contribution in [3.63, 3.8) is 0 Å². The minimum atomic E-state index is -0.465. The van der Waals surface area contributed by atoms with Crippen molar-refractivity contribution in [3.8, 4) is 11.4 Å². The zero-order valence-electron chi connectivity index (χ0n) is 9.76. The van der Waals surface area contributed by atoms with Gasteiger partial charge >= 0.3 is 5.97 Å². The largest absolute Gasteiger partial charge is 0.461 e. The predicted molar refractivity (Wildman–Crippen MR) is 68.4 cm³/mol. The summed E-state index contributed by atoms with van der Waals surface area (Å²) < 4.78 is 4.89. The lowest BCUT2D eigenvalue weighted by Gasteiger charge is -2.04. The van der Waals surface area contributed by atoms with Crippen molar-refractivity contribution in [2.75, 3.05) is 6.61 Å². The molecule has 2 aromatic rings. The van der Waals surface area contributed by atoms with Gasteiger partial charge < -0.3 is 4.74 Å². The molecular formula is C13H11ClN2O2. The van der Waals surface area contributed by atoms with E-state index in [1.807, 2.05) is 12.1 Å². The Kier molecular flexibility index (Phi) is 3.89. The number of hydrogen-bond donors (Lipinski definition) is 0. The van der Waals surface area contributed by atoms with Crippen molar-refractivity contribution in [1.29, 1.82) is 0 Å². The smallest absolute Gasteiger partial charge is 0.357 e. The molecule has 0 amide bonds. The van der Waals surface area contributed by atoms with E-state index in [4.69, 9.17) is 16.3 Å². The molecule has 1 heterocycles. The van der Waals surface area contributed by atoms with Gasteiger partial charge in [-0.15, -0.1) is 0 Å². The molecule has 2 rings (SSSR count). The van der Waals surface area contributed by atoms with Gasteiger partial charge in [0, 0.05) is 11.8 Å². The number of aromatic nitrogens is 2. The van der Waals surface area contributed by atoms with Crippen molar-refractivity contribution in [3.05, 3.63) is 47.2 Å². The molecule has 0 aliphatic heterocycles. The fourth-order valence-electron chi connectivity index (χ4n) is 1.45. The second-order valence-electron chi connectivity index (χ2n) is 3.47. The Balaban J connectivity index is 2.39. The van der Waals surface area contributed by atoms with Gasteiger partial charge in [-0.1, -0.05) is 23.7 Å². The van der Waals surface area contributed by atoms with Crippen LogP contribution in [0.25, 0.3) is 11.4 Å². The van der Waals surface area contributed by atoms with Gasteiger partial charge in [-0.05, 0) is 25.1 Å². The van der Waals surface area contributed by atoms with E-state index in [1.54, 1.807) is 19.1 Å². The highest BCUT2D eigenvalue weighted by atomic mass is 35.5. The lowest BCUT2D eigenvalue weighted by Crippen LogP contribution is -2.08. The number of halogens is 1. The van der Waals surface area contributed by atoms with Crippen molar-refractivity contribution >= 4 is 17.6 Å². The molecule has 0 atom stereocenters. The minimum absolute atomic E-state index is 0.224. The summed E-state index contributed by atoms with van der Waals surface area (Å²) in [6.45, 7) is 2.05. The maximum absolute atomic E-state index is 11.6. The van der Waals surface area contributed by atoms with Gasteiger partial charge in [0.15, 0.2) is 11.5 Å². The molecule has 5 heteroatoms. The van der Waals surface area contributed by atoms with Crippen molar-refractivity contribution in [2.45, 2.75) is 6.92 Å². The Labute approximate surface area is 110 Å². The molecular weight excluding hydrogens is 252 g/mol. The van der Waals surface area contributed by atoms with Gasteiger partial charge in [0.2, 0.25) is 0 Å². The summed E-state index contributed by atoms with van der Waals surface area (Å²) in [7, 11) is 0. The number of nitrogens with zero attached hydrogens (tertiary/aromatic N) is 2. The zero-order valence-corrected chi connectivity index (χ0v) is 10.5. The van der Waals surface area contributed by atoms with E-state index in [0.717, 1.165) is 0 Å². The minimum Gasteiger partial charge on any atom is -0.461 e. The van der Waals surface area contributed by atoms with E-state index in [2.05, 4.69) is 9.97 Å². The summed E-state index contributed by atoms with van der Waals surface area (Å²) in [5.74, 6) is -0.0562. The van der Waals surface area contributed by atoms with E-state index < -0.39 is 5.97 Å². The Bertz CT molecular complexity index is 572. The molecule has 0 radical (unpaired) electrons. The van der Waals surface area contributed by atoms with Gasteiger partial charge in [-0.25, -0.2) is 14.8 Å². The molecule has 1 aromatic heterocycles. The van der Waals surface area contributed by atoms with Gasteiger partial charge in [0.1, 0.15) is 0 Å². The number of carbonyl (C=O) groups is 1. The van der Waals surface area contributed by atoms with Crippen LogP contribution in [0.4, 0.5) is 0 Å². The fourth-order valence-corrected chi connectivity index (χ4v) is 1.67. The summed E-state index contributed by atoms with van der Waals surface area (Å²) in [6.07, 6.45) is 1.51. The molecule has 0 aliphatic carbocycles. The molecule has 0 aliphatic rings. The first-order chi connectivity index (χ1) is 8.72. The topological polar surface area (TPSA) is 52.1 Å². The second-order valence-corrected chi connectivity index (χ2v) is 3.87. The van der Waals surface area contributed by atoms with E-state index >= 15 is 0 Å². The molecule has 4 nitrogen and oxygen atoms in total. The summed E-state index contributed by atoms with van der Waals surface area (Å²) in [6, 6.07) is 8.71. The molecule has 0 saturated carbocycles. The third-order valence-electron chi connectivity index (χ3n) is 2.25. The number of benzene rings is 1. The van der Waals surface area contributed by atoms with Crippen LogP contribution in [0, 0.1) is 0 Å². The first kappa shape index (κ1) is 12.5. The van der Waals surface area contributed by atoms with Gasteiger partial charge in [-0.3, -0.25) is 0 Å². The third kappa shape index (κ3) is 2.65. The van der Waals surface area contributed by atoms with E-state index in [9.17, 15) is 4.79 Å². The van der Waals surface area contributed by atoms with Gasteiger partial charge in [0.25, 0.3) is 0 Å². The number of carbonyl (C=O) groups excluding carboxylic acids is 1. The molecule has 18 heavy (non-hydrogen) atoms. The summed E-state index contributed by atoms with van der Waals surface area (Å²) in [4.78, 5) is 19.8. The van der Waals surface area contributed by atoms with E-state index in [-0.39, 0.29) is 5.69 Å². The normalized spacial score (nSPS) is 10.1. The van der Waals surface area contributed by atoms with Crippen LogP contribution >= 0.6 is 11.6 Å². The van der Waals surface area contributed by atoms with E-state index in [0.29, 0.717) is 23.0 Å². The van der Waals surface area contributed by atoms with Crippen LogP contribution in [0.2, 0.25) is 5.02 Å². The van der Waals surface area contributed by atoms with Crippen LogP contribution in [0.1, 0.15) is 17.4 Å². The molecule has 0 saturated heterocycles. The molecule has 1 aromatic carbocycles. The first-order valence-electron chi connectivity index (χ1n) is 5.47. The maximum Gasteiger partial charge on any atom is 0.357 e. The van der Waals surface area contributed by atoms with Crippen LogP contribution in [-0.4, -0.2) is 22.5 Å². The highest BCUT2D eigenvalue weighted by Crippen LogP contribution is 2.24. The van der Waals surface area contributed by atoms with Crippen LogP contribution in [0.5, 0.6) is 0 Å². The maximum atomic E-state index is 11.6. The van der Waals surface area contributed by atoms with Crippen molar-refractivity contribution in [2.24, 2.45) is 0 Å². The number of esters is 1. The molecule has 92 valence electrons. The highest BCUT2D eigenvalue weighted by Gasteiger charge is 2.11. The summed E-state index contributed by atoms with van der Waals surface area (Å²) >= 11 is 6.06. The highest BCUT2D eigenvalue weighted by molar-refractivity contribution is 6.33. The number of rotatable bonds is 3. The van der Waals surface area contributed by atoms with E-state index in [1.165, 1.54) is 12.3 Å². The van der Waals surface area contributed by atoms with Crippen LogP contribution in [0.3, 0.4) is 0 Å².